The zero-order valence-electron chi connectivity index (χ0n) is 32.9. The molecule has 0 aromatic heterocycles. The van der Waals surface area contributed by atoms with Crippen LogP contribution in [0.3, 0.4) is 0 Å². The van der Waals surface area contributed by atoms with Crippen LogP contribution in [0.4, 0.5) is 21.2 Å². The Labute approximate surface area is 335 Å². The van der Waals surface area contributed by atoms with E-state index in [1.165, 1.54) is 0 Å². The number of ether oxygens (including phenoxy) is 1. The molecule has 10 nitrogen and oxygen atoms in total. The van der Waals surface area contributed by atoms with E-state index in [1.807, 2.05) is 121 Å². The smallest absolute Gasteiger partial charge is 0.264 e. The summed E-state index contributed by atoms with van der Waals surface area (Å²) in [5.41, 5.74) is 1.66. The van der Waals surface area contributed by atoms with Crippen molar-refractivity contribution in [3.05, 3.63) is 126 Å². The molecule has 0 unspecified atom stereocenters. The van der Waals surface area contributed by atoms with Crippen LogP contribution in [0.5, 0.6) is 0 Å². The van der Waals surface area contributed by atoms with Gasteiger partial charge in [-0.1, -0.05) is 85.8 Å². The summed E-state index contributed by atoms with van der Waals surface area (Å²) in [6, 6.07) is 35.0. The van der Waals surface area contributed by atoms with E-state index in [0.717, 1.165) is 29.9 Å². The van der Waals surface area contributed by atoms with Crippen molar-refractivity contribution >= 4 is 43.2 Å². The Hall–Kier alpha value is -4.88. The SMILES string of the molecule is C[C@H]1[C@H]([Si](C)(C)F)[C@@H](CC(=O)N(CCO)Cc2ccccc2)O[C@]12C(=O)N(Cc1ccccc1)c1ccc(N3CN(c4ccccc4)C4(CCNCC4)C3=O)cc12. The van der Waals surface area contributed by atoms with Crippen LogP contribution in [0.2, 0.25) is 18.6 Å². The van der Waals surface area contributed by atoms with Crippen LogP contribution in [0.25, 0.3) is 0 Å². The second kappa shape index (κ2) is 15.5. The van der Waals surface area contributed by atoms with Crippen LogP contribution in [0.1, 0.15) is 42.9 Å². The molecule has 4 heterocycles. The summed E-state index contributed by atoms with van der Waals surface area (Å²) in [5, 5.41) is 13.4. The van der Waals surface area contributed by atoms with Crippen molar-refractivity contribution < 1.29 is 28.3 Å². The number of hydrogen-bond acceptors (Lipinski definition) is 7. The van der Waals surface area contributed by atoms with E-state index in [4.69, 9.17) is 4.74 Å². The lowest BCUT2D eigenvalue weighted by Crippen LogP contribution is -2.55. The Bertz CT molecular complexity index is 2100. The summed E-state index contributed by atoms with van der Waals surface area (Å²) in [5.74, 6) is -1.19. The van der Waals surface area contributed by atoms with E-state index in [2.05, 4.69) is 10.2 Å². The summed E-state index contributed by atoms with van der Waals surface area (Å²) in [6.07, 6.45) is 0.271. The van der Waals surface area contributed by atoms with Crippen molar-refractivity contribution in [2.45, 2.75) is 75.2 Å². The molecular formula is C45H52FN5O5Si. The zero-order chi connectivity index (χ0) is 40.0. The number of carbonyl (C=O) groups is 3. The fourth-order valence-corrected chi connectivity index (χ4v) is 12.5. The van der Waals surface area contributed by atoms with Gasteiger partial charge < -0.3 is 34.0 Å². The van der Waals surface area contributed by atoms with Crippen molar-refractivity contribution in [1.82, 2.24) is 10.2 Å². The second-order valence-electron chi connectivity index (χ2n) is 16.5. The molecule has 8 rings (SSSR count). The number of hydrogen-bond donors (Lipinski definition) is 2. The number of carbonyl (C=O) groups excluding carboxylic acids is 3. The average molecular weight is 790 g/mol. The first-order chi connectivity index (χ1) is 27.5. The van der Waals surface area contributed by atoms with Gasteiger partial charge in [-0.05, 0) is 80.5 Å². The molecule has 3 fully saturated rings. The lowest BCUT2D eigenvalue weighted by Gasteiger charge is -2.39. The summed E-state index contributed by atoms with van der Waals surface area (Å²) >= 11 is 0. The van der Waals surface area contributed by atoms with E-state index >= 15 is 8.90 Å². The van der Waals surface area contributed by atoms with Gasteiger partial charge in [0.25, 0.3) is 11.8 Å². The normalized spacial score (nSPS) is 24.2. The van der Waals surface area contributed by atoms with Crippen LogP contribution in [-0.4, -0.2) is 80.7 Å². The number of rotatable bonds is 11. The summed E-state index contributed by atoms with van der Waals surface area (Å²) in [4.78, 5) is 51.5. The Kier molecular flexibility index (Phi) is 10.6. The zero-order valence-corrected chi connectivity index (χ0v) is 33.9. The first kappa shape index (κ1) is 39.0. The third kappa shape index (κ3) is 6.86. The van der Waals surface area contributed by atoms with E-state index < -0.39 is 37.1 Å². The molecule has 4 atom stereocenters. The second-order valence-corrected chi connectivity index (χ2v) is 20.3. The third-order valence-corrected chi connectivity index (χ3v) is 15.2. The van der Waals surface area contributed by atoms with Gasteiger partial charge in [0, 0.05) is 41.5 Å². The number of aliphatic hydroxyl groups is 1. The van der Waals surface area contributed by atoms with Crippen molar-refractivity contribution in [1.29, 1.82) is 0 Å². The maximum Gasteiger partial charge on any atom is 0.264 e. The van der Waals surface area contributed by atoms with Crippen LogP contribution in [0, 0.1) is 5.92 Å². The molecule has 0 aliphatic carbocycles. The van der Waals surface area contributed by atoms with Gasteiger partial charge in [0.1, 0.15) is 5.54 Å². The van der Waals surface area contributed by atoms with E-state index in [0.29, 0.717) is 36.4 Å². The van der Waals surface area contributed by atoms with Crippen molar-refractivity contribution in [2.24, 2.45) is 5.92 Å². The van der Waals surface area contributed by atoms with Gasteiger partial charge in [0.05, 0.1) is 38.0 Å². The largest absolute Gasteiger partial charge is 0.395 e. The van der Waals surface area contributed by atoms with Crippen LogP contribution >= 0.6 is 0 Å². The number of halogens is 1. The maximum atomic E-state index is 16.8. The van der Waals surface area contributed by atoms with Gasteiger partial charge in [-0.3, -0.25) is 19.3 Å². The number of aliphatic hydroxyl groups excluding tert-OH is 1. The monoisotopic (exact) mass is 789 g/mol. The van der Waals surface area contributed by atoms with E-state index in [9.17, 15) is 14.7 Å². The Morgan fingerprint density at radius 3 is 2.16 bits per heavy atom. The van der Waals surface area contributed by atoms with Gasteiger partial charge in [-0.25, -0.2) is 0 Å². The Balaban J connectivity index is 1.20. The minimum atomic E-state index is -3.60. The Morgan fingerprint density at radius 1 is 0.895 bits per heavy atom. The molecule has 0 radical (unpaired) electrons. The van der Waals surface area contributed by atoms with Crippen molar-refractivity contribution in [3.63, 3.8) is 0 Å². The molecule has 3 amide bonds. The van der Waals surface area contributed by atoms with Crippen LogP contribution < -0.4 is 20.0 Å². The third-order valence-electron chi connectivity index (χ3n) is 12.7. The molecule has 2 N–H and O–H groups in total. The number of anilines is 3. The van der Waals surface area contributed by atoms with Gasteiger partial charge >= 0.3 is 0 Å². The van der Waals surface area contributed by atoms with Gasteiger partial charge in [-0.2, -0.15) is 0 Å². The quantitative estimate of drug-likeness (QED) is 0.135. The van der Waals surface area contributed by atoms with Gasteiger partial charge in [-0.15, -0.1) is 0 Å². The van der Waals surface area contributed by atoms with Gasteiger partial charge in [0.15, 0.2) is 5.60 Å². The molecular weight excluding hydrogens is 738 g/mol. The topological polar surface area (TPSA) is 106 Å². The first-order valence-electron chi connectivity index (χ1n) is 20.1. The summed E-state index contributed by atoms with van der Waals surface area (Å²) in [7, 11) is -3.60. The van der Waals surface area contributed by atoms with Crippen LogP contribution in [-0.2, 0) is 37.8 Å². The fourth-order valence-electron chi connectivity index (χ4n) is 10.0. The van der Waals surface area contributed by atoms with E-state index in [1.54, 1.807) is 22.9 Å². The lowest BCUT2D eigenvalue weighted by atomic mass is 9.82. The van der Waals surface area contributed by atoms with Crippen molar-refractivity contribution in [2.75, 3.05) is 47.6 Å². The average Bonchev–Trinajstić information content (AvgIpc) is 3.76. The predicted molar refractivity (Wildman–Crippen MR) is 222 cm³/mol. The highest BCUT2D eigenvalue weighted by Crippen LogP contribution is 2.61. The minimum Gasteiger partial charge on any atom is -0.395 e. The molecule has 57 heavy (non-hydrogen) atoms. The first-order valence-corrected chi connectivity index (χ1v) is 23.1. The number of nitrogens with zero attached hydrogens (tertiary/aromatic N) is 4. The molecule has 2 spiro atoms. The number of benzene rings is 4. The number of nitrogens with one attached hydrogen (secondary N) is 1. The highest BCUT2D eigenvalue weighted by atomic mass is 28.4. The molecule has 4 aliphatic rings. The molecule has 0 saturated carbocycles. The maximum absolute atomic E-state index is 16.8. The minimum absolute atomic E-state index is 0.00810. The number of para-hydroxylation sites is 1. The van der Waals surface area contributed by atoms with Crippen LogP contribution in [0.15, 0.2) is 109 Å². The Morgan fingerprint density at radius 2 is 1.53 bits per heavy atom. The lowest BCUT2D eigenvalue weighted by molar-refractivity contribution is -0.150. The number of fused-ring (bicyclic) bond motifs is 2. The molecule has 0 bridgehead atoms. The molecule has 12 heteroatoms. The number of amides is 3. The highest BCUT2D eigenvalue weighted by Gasteiger charge is 2.67. The molecule has 4 aromatic rings. The summed E-state index contributed by atoms with van der Waals surface area (Å²) < 4.78 is 23.8. The standard InChI is InChI=1S/C45H52FN5O5Si/c1-32-41(57(2,3)46)39(28-40(53)48(25-26-52)29-33-13-7-4-8-14-33)56-45(32)37-27-36(19-20-38(37)49(43(45)55)30-34-15-9-5-10-16-34)50-31-51(35-17-11-6-12-18-35)44(42(50)54)21-23-47-24-22-44/h4-20,27,32,39,41,47,52H,21-26,28-31H2,1-3H3/t32-,39+,41-,45+/m0/s1. The van der Waals surface area contributed by atoms with Gasteiger partial charge in [0.2, 0.25) is 14.3 Å². The van der Waals surface area contributed by atoms with E-state index in [-0.39, 0.29) is 50.4 Å². The van der Waals surface area contributed by atoms with Crippen molar-refractivity contribution in [3.8, 4) is 0 Å². The predicted octanol–water partition coefficient (Wildman–Crippen LogP) is 6.35. The molecule has 298 valence electrons. The molecule has 4 aliphatic heterocycles. The number of piperidine rings is 1. The highest BCUT2D eigenvalue weighted by molar-refractivity contribution is 6.72. The summed E-state index contributed by atoms with van der Waals surface area (Å²) in [6.45, 7) is 7.35. The molecule has 3 saturated heterocycles. The fraction of sp³-hybridized carbons (Fsp3) is 0.400. The molecule has 4 aromatic carbocycles.